The Morgan fingerprint density at radius 2 is 2.09 bits per heavy atom. The Bertz CT molecular complexity index is 671. The summed E-state index contributed by atoms with van der Waals surface area (Å²) in [7, 11) is 1.31. The molecule has 1 amide bonds. The highest BCUT2D eigenvalue weighted by Gasteiger charge is 2.08. The fraction of sp³-hybridized carbons (Fsp3) is 0.200. The molecule has 0 spiro atoms. The number of ether oxygens (including phenoxy) is 2. The average molecular weight is 340 g/mol. The maximum Gasteiger partial charge on any atom is 0.337 e. The largest absolute Gasteiger partial charge is 0.484 e. The van der Waals surface area contributed by atoms with Crippen molar-refractivity contribution in [1.82, 2.24) is 5.32 Å². The number of thiophene rings is 1. The second-order valence-electron chi connectivity index (χ2n) is 4.29. The lowest BCUT2D eigenvalue weighted by Gasteiger charge is -2.08. The minimum Gasteiger partial charge on any atom is -0.484 e. The third kappa shape index (κ3) is 4.75. The molecule has 116 valence electrons. The van der Waals surface area contributed by atoms with Crippen molar-refractivity contribution in [3.63, 3.8) is 0 Å². The maximum atomic E-state index is 11.7. The topological polar surface area (TPSA) is 64.6 Å². The third-order valence-corrected chi connectivity index (χ3v) is 3.94. The van der Waals surface area contributed by atoms with E-state index in [1.807, 2.05) is 6.07 Å². The van der Waals surface area contributed by atoms with Crippen molar-refractivity contribution in [2.24, 2.45) is 0 Å². The normalized spacial score (nSPS) is 10.1. The molecule has 1 heterocycles. The van der Waals surface area contributed by atoms with Crippen molar-refractivity contribution >= 4 is 34.8 Å². The Morgan fingerprint density at radius 1 is 1.27 bits per heavy atom. The molecule has 0 fully saturated rings. The number of nitrogens with one attached hydrogen (secondary N) is 1. The molecular weight excluding hydrogens is 326 g/mol. The zero-order chi connectivity index (χ0) is 15.9. The van der Waals surface area contributed by atoms with Gasteiger partial charge in [0.1, 0.15) is 5.75 Å². The fourth-order valence-corrected chi connectivity index (χ4v) is 2.69. The van der Waals surface area contributed by atoms with Gasteiger partial charge in [0, 0.05) is 4.88 Å². The molecule has 0 bridgehead atoms. The zero-order valence-corrected chi connectivity index (χ0v) is 13.4. The van der Waals surface area contributed by atoms with E-state index in [-0.39, 0.29) is 12.5 Å². The van der Waals surface area contributed by atoms with E-state index in [4.69, 9.17) is 16.3 Å². The molecule has 5 nitrogen and oxygen atoms in total. The molecule has 1 aromatic carbocycles. The number of hydrogen-bond donors (Lipinski definition) is 1. The summed E-state index contributed by atoms with van der Waals surface area (Å²) in [5.41, 5.74) is 0.369. The highest BCUT2D eigenvalue weighted by atomic mass is 35.5. The molecule has 0 unspecified atom stereocenters. The maximum absolute atomic E-state index is 11.7. The number of benzene rings is 1. The molecule has 22 heavy (non-hydrogen) atoms. The van der Waals surface area contributed by atoms with Crippen LogP contribution >= 0.6 is 22.9 Å². The van der Waals surface area contributed by atoms with Crippen LogP contribution in [0.3, 0.4) is 0 Å². The van der Waals surface area contributed by atoms with Crippen LogP contribution in [0.2, 0.25) is 4.34 Å². The van der Waals surface area contributed by atoms with Gasteiger partial charge in [0.05, 0.1) is 23.6 Å². The first-order valence-corrected chi connectivity index (χ1v) is 7.60. The molecule has 2 aromatic rings. The molecule has 0 atom stereocenters. The van der Waals surface area contributed by atoms with Gasteiger partial charge in [-0.3, -0.25) is 4.79 Å². The van der Waals surface area contributed by atoms with Gasteiger partial charge in [0.2, 0.25) is 0 Å². The molecule has 0 aliphatic carbocycles. The summed E-state index contributed by atoms with van der Waals surface area (Å²) in [5.74, 6) is -0.283. The molecule has 0 radical (unpaired) electrons. The third-order valence-electron chi connectivity index (χ3n) is 2.71. The number of hydrogen-bond acceptors (Lipinski definition) is 5. The minimum absolute atomic E-state index is 0.135. The van der Waals surface area contributed by atoms with Crippen LogP contribution < -0.4 is 10.1 Å². The van der Waals surface area contributed by atoms with Gasteiger partial charge < -0.3 is 14.8 Å². The van der Waals surface area contributed by atoms with E-state index in [0.717, 1.165) is 4.88 Å². The van der Waals surface area contributed by atoms with E-state index < -0.39 is 5.97 Å². The molecule has 1 N–H and O–H groups in total. The van der Waals surface area contributed by atoms with E-state index >= 15 is 0 Å². The van der Waals surface area contributed by atoms with Gasteiger partial charge in [-0.15, -0.1) is 11.3 Å². The predicted molar refractivity (Wildman–Crippen MR) is 84.5 cm³/mol. The molecule has 7 heteroatoms. The Kier molecular flexibility index (Phi) is 5.80. The zero-order valence-electron chi connectivity index (χ0n) is 11.8. The van der Waals surface area contributed by atoms with Crippen molar-refractivity contribution < 1.29 is 19.1 Å². The number of rotatable bonds is 6. The van der Waals surface area contributed by atoms with Crippen molar-refractivity contribution in [3.8, 4) is 5.75 Å². The lowest BCUT2D eigenvalue weighted by molar-refractivity contribution is -0.123. The van der Waals surface area contributed by atoms with Crippen molar-refractivity contribution in [1.29, 1.82) is 0 Å². The van der Waals surface area contributed by atoms with Crippen LogP contribution in [-0.2, 0) is 16.1 Å². The second kappa shape index (κ2) is 7.82. The van der Waals surface area contributed by atoms with Gasteiger partial charge in [-0.05, 0) is 30.3 Å². The Hall–Kier alpha value is -2.05. The van der Waals surface area contributed by atoms with Crippen molar-refractivity contribution in [2.45, 2.75) is 6.54 Å². The van der Waals surface area contributed by atoms with Gasteiger partial charge in [0.15, 0.2) is 6.61 Å². The van der Waals surface area contributed by atoms with E-state index in [1.165, 1.54) is 24.5 Å². The van der Waals surface area contributed by atoms with Crippen molar-refractivity contribution in [2.75, 3.05) is 13.7 Å². The van der Waals surface area contributed by atoms with Crippen LogP contribution in [0.25, 0.3) is 0 Å². The van der Waals surface area contributed by atoms with Crippen molar-refractivity contribution in [3.05, 3.63) is 51.2 Å². The monoisotopic (exact) mass is 339 g/mol. The summed E-state index contributed by atoms with van der Waals surface area (Å²) >= 11 is 7.22. The van der Waals surface area contributed by atoms with E-state index in [1.54, 1.807) is 24.3 Å². The standard InChI is InChI=1S/C15H14ClNO4S/c1-20-15(19)10-3-2-4-11(7-10)21-9-14(18)17-8-12-5-6-13(16)22-12/h2-7H,8-9H2,1H3,(H,17,18). The summed E-state index contributed by atoms with van der Waals surface area (Å²) in [6, 6.07) is 10.1. The Balaban J connectivity index is 1.82. The quantitative estimate of drug-likeness (QED) is 0.822. The van der Waals surface area contributed by atoms with Crippen LogP contribution in [0.4, 0.5) is 0 Å². The fourth-order valence-electron chi connectivity index (χ4n) is 1.66. The van der Waals surface area contributed by atoms with Crippen LogP contribution in [0.15, 0.2) is 36.4 Å². The van der Waals surface area contributed by atoms with Gasteiger partial charge in [0.25, 0.3) is 5.91 Å². The van der Waals surface area contributed by atoms with E-state index in [9.17, 15) is 9.59 Å². The summed E-state index contributed by atoms with van der Waals surface area (Å²) < 4.78 is 10.7. The van der Waals surface area contributed by atoms with Gasteiger partial charge in [-0.2, -0.15) is 0 Å². The first kappa shape index (κ1) is 16.3. The number of amides is 1. The minimum atomic E-state index is -0.454. The highest BCUT2D eigenvalue weighted by Crippen LogP contribution is 2.21. The van der Waals surface area contributed by atoms with Crippen LogP contribution in [0, 0.1) is 0 Å². The number of carbonyl (C=O) groups is 2. The molecular formula is C15H14ClNO4S. The van der Waals surface area contributed by atoms with Crippen LogP contribution in [0.1, 0.15) is 15.2 Å². The molecule has 0 saturated heterocycles. The SMILES string of the molecule is COC(=O)c1cccc(OCC(=O)NCc2ccc(Cl)s2)c1. The first-order valence-electron chi connectivity index (χ1n) is 6.40. The molecule has 0 aliphatic heterocycles. The van der Waals surface area contributed by atoms with Gasteiger partial charge in [-0.25, -0.2) is 4.79 Å². The van der Waals surface area contributed by atoms with Crippen LogP contribution in [0.5, 0.6) is 5.75 Å². The van der Waals surface area contributed by atoms with E-state index in [2.05, 4.69) is 10.1 Å². The summed E-state index contributed by atoms with van der Waals surface area (Å²) in [4.78, 5) is 24.1. The van der Waals surface area contributed by atoms with E-state index in [0.29, 0.717) is 22.2 Å². The molecule has 0 saturated carbocycles. The van der Waals surface area contributed by atoms with Crippen LogP contribution in [-0.4, -0.2) is 25.6 Å². The summed E-state index contributed by atoms with van der Waals surface area (Å²) in [6.45, 7) is 0.269. The average Bonchev–Trinajstić information content (AvgIpc) is 2.96. The number of methoxy groups -OCH3 is 1. The summed E-state index contributed by atoms with van der Waals surface area (Å²) in [5, 5.41) is 2.73. The smallest absolute Gasteiger partial charge is 0.337 e. The second-order valence-corrected chi connectivity index (χ2v) is 6.09. The Morgan fingerprint density at radius 3 is 2.77 bits per heavy atom. The lowest BCUT2D eigenvalue weighted by atomic mass is 10.2. The number of carbonyl (C=O) groups excluding carboxylic acids is 2. The lowest BCUT2D eigenvalue weighted by Crippen LogP contribution is -2.28. The number of halogens is 1. The molecule has 2 rings (SSSR count). The highest BCUT2D eigenvalue weighted by molar-refractivity contribution is 7.16. The molecule has 1 aromatic heterocycles. The number of esters is 1. The summed E-state index contributed by atoms with van der Waals surface area (Å²) in [6.07, 6.45) is 0. The molecule has 0 aliphatic rings. The van der Waals surface area contributed by atoms with Gasteiger partial charge in [-0.1, -0.05) is 17.7 Å². The van der Waals surface area contributed by atoms with Gasteiger partial charge >= 0.3 is 5.97 Å². The predicted octanol–water partition coefficient (Wildman–Crippen LogP) is 2.88. The Labute approximate surface area is 136 Å². The first-order chi connectivity index (χ1) is 10.6.